The molecule has 6 nitrogen and oxygen atoms in total. The van der Waals surface area contributed by atoms with Crippen LogP contribution in [0.15, 0.2) is 41.6 Å². The molecule has 0 saturated carbocycles. The highest BCUT2D eigenvalue weighted by atomic mass is 35.5. The van der Waals surface area contributed by atoms with E-state index < -0.39 is 10.0 Å². The van der Waals surface area contributed by atoms with Crippen LogP contribution >= 0.6 is 11.6 Å². The fourth-order valence-corrected chi connectivity index (χ4v) is 4.15. The molecule has 1 aliphatic rings. The summed E-state index contributed by atoms with van der Waals surface area (Å²) < 4.78 is 32.5. The molecule has 1 atom stereocenters. The van der Waals surface area contributed by atoms with Crippen molar-refractivity contribution < 1.29 is 13.2 Å². The molecule has 1 aliphatic heterocycles. The van der Waals surface area contributed by atoms with Crippen LogP contribution in [0.25, 0.3) is 0 Å². The third kappa shape index (κ3) is 3.68. The Morgan fingerprint density at radius 2 is 1.92 bits per heavy atom. The summed E-state index contributed by atoms with van der Waals surface area (Å²) in [4.78, 5) is 8.25. The molecule has 3 rings (SSSR count). The van der Waals surface area contributed by atoms with Crippen molar-refractivity contribution in [1.29, 1.82) is 0 Å². The van der Waals surface area contributed by atoms with Crippen molar-refractivity contribution >= 4 is 21.6 Å². The molecular formula is C16H18ClN3O3S. The highest BCUT2D eigenvalue weighted by molar-refractivity contribution is 7.89. The first-order valence-electron chi connectivity index (χ1n) is 7.72. The van der Waals surface area contributed by atoms with Crippen molar-refractivity contribution in [3.63, 3.8) is 0 Å². The summed E-state index contributed by atoms with van der Waals surface area (Å²) in [5.74, 6) is 0. The second-order valence-corrected chi connectivity index (χ2v) is 7.95. The molecule has 0 radical (unpaired) electrons. The predicted octanol–water partition coefficient (Wildman–Crippen LogP) is 2.53. The average molecular weight is 368 g/mol. The Balaban J connectivity index is 1.68. The van der Waals surface area contributed by atoms with Crippen LogP contribution in [-0.4, -0.2) is 41.9 Å². The van der Waals surface area contributed by atoms with Crippen LogP contribution in [0.1, 0.15) is 18.9 Å². The zero-order valence-electron chi connectivity index (χ0n) is 13.2. The largest absolute Gasteiger partial charge is 0.459 e. The van der Waals surface area contributed by atoms with Gasteiger partial charge in [0.2, 0.25) is 10.0 Å². The highest BCUT2D eigenvalue weighted by Gasteiger charge is 2.34. The Hall–Kier alpha value is -1.70. The van der Waals surface area contributed by atoms with E-state index in [0.29, 0.717) is 22.9 Å². The second kappa shape index (κ2) is 7.04. The van der Waals surface area contributed by atoms with Gasteiger partial charge in [-0.25, -0.2) is 18.4 Å². The van der Waals surface area contributed by atoms with Crippen molar-refractivity contribution in [3.8, 4) is 6.01 Å². The van der Waals surface area contributed by atoms with Crippen LogP contribution in [0.3, 0.4) is 0 Å². The first kappa shape index (κ1) is 17.1. The van der Waals surface area contributed by atoms with Crippen molar-refractivity contribution in [3.05, 3.63) is 47.2 Å². The van der Waals surface area contributed by atoms with Crippen molar-refractivity contribution in [1.82, 2.24) is 14.3 Å². The third-order valence-electron chi connectivity index (χ3n) is 3.95. The van der Waals surface area contributed by atoms with Crippen LogP contribution in [0.2, 0.25) is 5.02 Å². The summed E-state index contributed by atoms with van der Waals surface area (Å²) in [7, 11) is -3.50. The van der Waals surface area contributed by atoms with Gasteiger partial charge in [-0.3, -0.25) is 0 Å². The van der Waals surface area contributed by atoms with E-state index >= 15 is 0 Å². The summed E-state index contributed by atoms with van der Waals surface area (Å²) in [6.07, 6.45) is 4.10. The van der Waals surface area contributed by atoms with Gasteiger partial charge in [0.25, 0.3) is 0 Å². The highest BCUT2D eigenvalue weighted by Crippen LogP contribution is 2.23. The minimum atomic E-state index is -3.50. The summed E-state index contributed by atoms with van der Waals surface area (Å²) in [6.45, 7) is 2.73. The van der Waals surface area contributed by atoms with Crippen LogP contribution < -0.4 is 4.74 Å². The third-order valence-corrected chi connectivity index (χ3v) is 6.02. The number of hydrogen-bond donors (Lipinski definition) is 0. The van der Waals surface area contributed by atoms with Crippen LogP contribution in [0.5, 0.6) is 6.01 Å². The number of nitrogens with zero attached hydrogens (tertiary/aromatic N) is 3. The molecule has 1 fully saturated rings. The Bertz CT molecular complexity index is 794. The van der Waals surface area contributed by atoms with Crippen molar-refractivity contribution in [2.45, 2.75) is 30.8 Å². The number of benzene rings is 1. The van der Waals surface area contributed by atoms with Crippen LogP contribution in [0, 0.1) is 0 Å². The first-order chi connectivity index (χ1) is 11.5. The second-order valence-electron chi connectivity index (χ2n) is 5.57. The van der Waals surface area contributed by atoms with E-state index in [-0.39, 0.29) is 18.7 Å². The molecule has 0 unspecified atom stereocenters. The zero-order chi connectivity index (χ0) is 17.2. The maximum atomic E-state index is 12.7. The van der Waals surface area contributed by atoms with Gasteiger partial charge in [0.1, 0.15) is 6.10 Å². The lowest BCUT2D eigenvalue weighted by Gasteiger charge is -2.17. The lowest BCUT2D eigenvalue weighted by atomic mass is 10.2. The molecule has 0 N–H and O–H groups in total. The minimum absolute atomic E-state index is 0.205. The predicted molar refractivity (Wildman–Crippen MR) is 90.7 cm³/mol. The number of aromatic nitrogens is 2. The topological polar surface area (TPSA) is 72.4 Å². The zero-order valence-corrected chi connectivity index (χ0v) is 14.8. The van der Waals surface area contributed by atoms with E-state index in [2.05, 4.69) is 9.97 Å². The SMILES string of the molecule is CCc1ccc(S(=O)(=O)N2CC[C@H](Oc3ncc(Cl)cn3)C2)cc1. The molecule has 24 heavy (non-hydrogen) atoms. The van der Waals surface area contributed by atoms with Crippen LogP contribution in [0.4, 0.5) is 0 Å². The summed E-state index contributed by atoms with van der Waals surface area (Å²) in [5, 5.41) is 0.425. The monoisotopic (exact) mass is 367 g/mol. The maximum absolute atomic E-state index is 12.7. The maximum Gasteiger partial charge on any atom is 0.316 e. The molecule has 2 heterocycles. The number of rotatable bonds is 5. The Labute approximate surface area is 146 Å². The molecule has 1 aromatic carbocycles. The molecule has 2 aromatic rings. The molecule has 0 amide bonds. The van der Waals surface area contributed by atoms with Gasteiger partial charge in [-0.05, 0) is 30.5 Å². The van der Waals surface area contributed by atoms with Gasteiger partial charge in [-0.15, -0.1) is 0 Å². The smallest absolute Gasteiger partial charge is 0.316 e. The number of halogens is 1. The van der Waals surface area contributed by atoms with Gasteiger partial charge in [-0.1, -0.05) is 30.7 Å². The summed E-state index contributed by atoms with van der Waals surface area (Å²) in [6, 6.07) is 7.21. The number of aryl methyl sites for hydroxylation is 1. The standard InChI is InChI=1S/C16H18ClN3O3S/c1-2-12-3-5-15(6-4-12)24(21,22)20-8-7-14(11-20)23-16-18-9-13(17)10-19-16/h3-6,9-10,14H,2,7-8,11H2,1H3/t14-/m0/s1. The molecule has 1 aromatic heterocycles. The fourth-order valence-electron chi connectivity index (χ4n) is 2.57. The van der Waals surface area contributed by atoms with Gasteiger partial charge < -0.3 is 4.74 Å². The lowest BCUT2D eigenvalue weighted by molar-refractivity contribution is 0.197. The number of ether oxygens (including phenoxy) is 1. The van der Waals surface area contributed by atoms with E-state index in [1.54, 1.807) is 12.1 Å². The molecule has 1 saturated heterocycles. The van der Waals surface area contributed by atoms with E-state index in [1.165, 1.54) is 16.7 Å². The van der Waals surface area contributed by atoms with E-state index in [0.717, 1.165) is 12.0 Å². The fraction of sp³-hybridized carbons (Fsp3) is 0.375. The normalized spacial score (nSPS) is 18.7. The first-order valence-corrected chi connectivity index (χ1v) is 9.54. The Morgan fingerprint density at radius 3 is 2.54 bits per heavy atom. The van der Waals surface area contributed by atoms with E-state index in [1.807, 2.05) is 19.1 Å². The Kier molecular flexibility index (Phi) is 5.03. The van der Waals surface area contributed by atoms with Gasteiger partial charge in [-0.2, -0.15) is 4.31 Å². The quantitative estimate of drug-likeness (QED) is 0.812. The molecule has 0 aliphatic carbocycles. The van der Waals surface area contributed by atoms with Crippen LogP contribution in [-0.2, 0) is 16.4 Å². The van der Waals surface area contributed by atoms with Crippen molar-refractivity contribution in [2.24, 2.45) is 0 Å². The van der Waals surface area contributed by atoms with E-state index in [4.69, 9.17) is 16.3 Å². The molecule has 8 heteroatoms. The molecule has 0 bridgehead atoms. The number of sulfonamides is 1. The summed E-state index contributed by atoms with van der Waals surface area (Å²) in [5.41, 5.74) is 1.11. The molecule has 0 spiro atoms. The molecule has 128 valence electrons. The van der Waals surface area contributed by atoms with Crippen molar-refractivity contribution in [2.75, 3.05) is 13.1 Å². The molecular weight excluding hydrogens is 350 g/mol. The van der Waals surface area contributed by atoms with Gasteiger partial charge >= 0.3 is 6.01 Å². The average Bonchev–Trinajstić information content (AvgIpc) is 3.06. The number of hydrogen-bond acceptors (Lipinski definition) is 5. The van der Waals surface area contributed by atoms with Gasteiger partial charge in [0, 0.05) is 6.54 Å². The minimum Gasteiger partial charge on any atom is -0.459 e. The summed E-state index contributed by atoms with van der Waals surface area (Å²) >= 11 is 5.73. The lowest BCUT2D eigenvalue weighted by Crippen LogP contribution is -2.31. The Morgan fingerprint density at radius 1 is 1.25 bits per heavy atom. The van der Waals surface area contributed by atoms with Gasteiger partial charge in [0.05, 0.1) is 28.9 Å². The van der Waals surface area contributed by atoms with Gasteiger partial charge in [0.15, 0.2) is 0 Å². The van der Waals surface area contributed by atoms with E-state index in [9.17, 15) is 8.42 Å².